The third-order valence-electron chi connectivity index (χ3n) is 4.12. The molecule has 1 aliphatic rings. The van der Waals surface area contributed by atoms with Crippen LogP contribution < -0.4 is 5.32 Å². The van der Waals surface area contributed by atoms with Crippen LogP contribution in [0.3, 0.4) is 0 Å². The summed E-state index contributed by atoms with van der Waals surface area (Å²) in [5.41, 5.74) is 1.28. The first-order valence-corrected chi connectivity index (χ1v) is 7.52. The van der Waals surface area contributed by atoms with Crippen molar-refractivity contribution in [1.29, 1.82) is 0 Å². The molecule has 0 radical (unpaired) electrons. The highest BCUT2D eigenvalue weighted by Crippen LogP contribution is 2.21. The molecule has 3 rings (SSSR count). The molecule has 0 bridgehead atoms. The average molecular weight is 326 g/mol. The highest BCUT2D eigenvalue weighted by atomic mass is 35.5. The number of benzene rings is 1. The van der Waals surface area contributed by atoms with E-state index in [9.17, 15) is 4.39 Å². The van der Waals surface area contributed by atoms with Crippen molar-refractivity contribution in [2.75, 3.05) is 13.1 Å². The minimum atomic E-state index is -0.242. The zero-order chi connectivity index (χ0) is 14.7. The Hall–Kier alpha value is -1.46. The third kappa shape index (κ3) is 4.05. The molecular formula is C16H21ClFN3O. The van der Waals surface area contributed by atoms with Gasteiger partial charge in [-0.25, -0.2) is 4.39 Å². The zero-order valence-electron chi connectivity index (χ0n) is 12.6. The summed E-state index contributed by atoms with van der Waals surface area (Å²) in [5.74, 6) is 1.60. The third-order valence-corrected chi connectivity index (χ3v) is 4.12. The molecule has 120 valence electrons. The van der Waals surface area contributed by atoms with Crippen LogP contribution in [0.5, 0.6) is 0 Å². The van der Waals surface area contributed by atoms with Crippen LogP contribution in [-0.4, -0.2) is 23.2 Å². The van der Waals surface area contributed by atoms with E-state index >= 15 is 0 Å². The summed E-state index contributed by atoms with van der Waals surface area (Å²) < 4.78 is 18.9. The Morgan fingerprint density at radius 1 is 1.32 bits per heavy atom. The largest absolute Gasteiger partial charge is 0.339 e. The van der Waals surface area contributed by atoms with E-state index in [-0.39, 0.29) is 18.2 Å². The SMILES string of the molecule is Cc1ccc(-c2noc(CCC3CCNCC3)n2)cc1F.Cl. The van der Waals surface area contributed by atoms with Crippen molar-refractivity contribution in [2.24, 2.45) is 5.92 Å². The summed E-state index contributed by atoms with van der Waals surface area (Å²) in [6, 6.07) is 5.01. The summed E-state index contributed by atoms with van der Waals surface area (Å²) in [6.45, 7) is 3.94. The van der Waals surface area contributed by atoms with Gasteiger partial charge in [0.25, 0.3) is 0 Å². The van der Waals surface area contributed by atoms with E-state index in [1.54, 1.807) is 13.0 Å². The number of halogens is 2. The van der Waals surface area contributed by atoms with Gasteiger partial charge in [0.05, 0.1) is 0 Å². The van der Waals surface area contributed by atoms with Gasteiger partial charge >= 0.3 is 0 Å². The second-order valence-electron chi connectivity index (χ2n) is 5.71. The molecule has 0 saturated carbocycles. The maximum atomic E-state index is 13.6. The Kier molecular flexibility index (Phi) is 5.91. The van der Waals surface area contributed by atoms with Crippen LogP contribution in [0.1, 0.15) is 30.7 Å². The molecule has 1 fully saturated rings. The molecule has 0 spiro atoms. The van der Waals surface area contributed by atoms with Crippen LogP contribution in [0, 0.1) is 18.7 Å². The normalized spacial score (nSPS) is 15.5. The molecule has 1 saturated heterocycles. The summed E-state index contributed by atoms with van der Waals surface area (Å²) in [5, 5.41) is 7.32. The van der Waals surface area contributed by atoms with E-state index in [0.29, 0.717) is 22.8 Å². The van der Waals surface area contributed by atoms with E-state index < -0.39 is 0 Å². The molecule has 0 atom stereocenters. The lowest BCUT2D eigenvalue weighted by Crippen LogP contribution is -2.27. The lowest BCUT2D eigenvalue weighted by Gasteiger charge is -2.21. The lowest BCUT2D eigenvalue weighted by molar-refractivity contribution is 0.324. The maximum Gasteiger partial charge on any atom is 0.226 e. The van der Waals surface area contributed by atoms with Gasteiger partial charge in [0.2, 0.25) is 11.7 Å². The van der Waals surface area contributed by atoms with Crippen molar-refractivity contribution < 1.29 is 8.91 Å². The van der Waals surface area contributed by atoms with Crippen molar-refractivity contribution in [1.82, 2.24) is 15.5 Å². The molecule has 1 aromatic carbocycles. The highest BCUT2D eigenvalue weighted by molar-refractivity contribution is 5.85. The fraction of sp³-hybridized carbons (Fsp3) is 0.500. The summed E-state index contributed by atoms with van der Waals surface area (Å²) in [7, 11) is 0. The van der Waals surface area contributed by atoms with Crippen LogP contribution in [0.2, 0.25) is 0 Å². The van der Waals surface area contributed by atoms with Crippen LogP contribution in [-0.2, 0) is 6.42 Å². The molecule has 0 amide bonds. The van der Waals surface area contributed by atoms with Crippen LogP contribution >= 0.6 is 12.4 Å². The number of aryl methyl sites for hydroxylation is 2. The Morgan fingerprint density at radius 3 is 2.82 bits per heavy atom. The van der Waals surface area contributed by atoms with Gasteiger partial charge in [-0.05, 0) is 56.8 Å². The maximum absolute atomic E-state index is 13.6. The van der Waals surface area contributed by atoms with Gasteiger partial charge in [0, 0.05) is 12.0 Å². The van der Waals surface area contributed by atoms with Gasteiger partial charge in [0.1, 0.15) is 5.82 Å². The van der Waals surface area contributed by atoms with Gasteiger partial charge in [-0.3, -0.25) is 0 Å². The first-order valence-electron chi connectivity index (χ1n) is 7.52. The number of piperidine rings is 1. The van der Waals surface area contributed by atoms with E-state index in [0.717, 1.165) is 31.8 Å². The van der Waals surface area contributed by atoms with Crippen LogP contribution in [0.15, 0.2) is 22.7 Å². The van der Waals surface area contributed by atoms with Crippen LogP contribution in [0.4, 0.5) is 4.39 Å². The molecule has 6 heteroatoms. The van der Waals surface area contributed by atoms with E-state index in [4.69, 9.17) is 4.52 Å². The van der Waals surface area contributed by atoms with Gasteiger partial charge in [-0.15, -0.1) is 12.4 Å². The smallest absolute Gasteiger partial charge is 0.226 e. The minimum Gasteiger partial charge on any atom is -0.339 e. The lowest BCUT2D eigenvalue weighted by atomic mass is 9.93. The number of nitrogens with one attached hydrogen (secondary N) is 1. The quantitative estimate of drug-likeness (QED) is 0.934. The minimum absolute atomic E-state index is 0. The second kappa shape index (κ2) is 7.70. The predicted molar refractivity (Wildman–Crippen MR) is 85.6 cm³/mol. The van der Waals surface area contributed by atoms with E-state index in [2.05, 4.69) is 15.5 Å². The van der Waals surface area contributed by atoms with Gasteiger partial charge < -0.3 is 9.84 Å². The van der Waals surface area contributed by atoms with Gasteiger partial charge in [-0.2, -0.15) is 4.98 Å². The number of hydrogen-bond donors (Lipinski definition) is 1. The van der Waals surface area contributed by atoms with Crippen molar-refractivity contribution in [3.63, 3.8) is 0 Å². The van der Waals surface area contributed by atoms with E-state index in [1.807, 2.05) is 6.07 Å². The second-order valence-corrected chi connectivity index (χ2v) is 5.71. The van der Waals surface area contributed by atoms with Crippen molar-refractivity contribution in [3.05, 3.63) is 35.5 Å². The number of nitrogens with zero attached hydrogens (tertiary/aromatic N) is 2. The van der Waals surface area contributed by atoms with Crippen LogP contribution in [0.25, 0.3) is 11.4 Å². The topological polar surface area (TPSA) is 51.0 Å². The molecule has 0 unspecified atom stereocenters. The van der Waals surface area contributed by atoms with Gasteiger partial charge in [0.15, 0.2) is 0 Å². The first-order chi connectivity index (χ1) is 10.2. The fourth-order valence-electron chi connectivity index (χ4n) is 2.70. The molecule has 1 aliphatic heterocycles. The van der Waals surface area contributed by atoms with Crippen molar-refractivity contribution >= 4 is 12.4 Å². The van der Waals surface area contributed by atoms with Crippen molar-refractivity contribution in [2.45, 2.75) is 32.6 Å². The first kappa shape index (κ1) is 16.9. The fourth-order valence-corrected chi connectivity index (χ4v) is 2.70. The summed E-state index contributed by atoms with van der Waals surface area (Å²) in [4.78, 5) is 4.38. The Morgan fingerprint density at radius 2 is 2.09 bits per heavy atom. The Balaban J connectivity index is 0.00000176. The number of aromatic nitrogens is 2. The van der Waals surface area contributed by atoms with Gasteiger partial charge in [-0.1, -0.05) is 17.3 Å². The number of hydrogen-bond acceptors (Lipinski definition) is 4. The summed E-state index contributed by atoms with van der Waals surface area (Å²) in [6.07, 6.45) is 4.30. The van der Waals surface area contributed by atoms with E-state index in [1.165, 1.54) is 18.9 Å². The molecule has 1 N–H and O–H groups in total. The predicted octanol–water partition coefficient (Wildman–Crippen LogP) is 3.54. The molecule has 0 aliphatic carbocycles. The molecular weight excluding hydrogens is 305 g/mol. The van der Waals surface area contributed by atoms with Crippen molar-refractivity contribution in [3.8, 4) is 11.4 Å². The molecule has 2 aromatic rings. The molecule has 4 nitrogen and oxygen atoms in total. The average Bonchev–Trinajstić information content (AvgIpc) is 2.98. The Bertz CT molecular complexity index is 611. The highest BCUT2D eigenvalue weighted by Gasteiger charge is 2.15. The summed E-state index contributed by atoms with van der Waals surface area (Å²) >= 11 is 0. The standard InChI is InChI=1S/C16H20FN3O.ClH/c1-11-2-4-13(10-14(11)17)16-19-15(21-20-16)5-3-12-6-8-18-9-7-12;/h2,4,10,12,18H,3,5-9H2,1H3;1H. The Labute approximate surface area is 135 Å². The monoisotopic (exact) mass is 325 g/mol. The molecule has 2 heterocycles. The zero-order valence-corrected chi connectivity index (χ0v) is 13.5. The molecule has 22 heavy (non-hydrogen) atoms. The molecule has 1 aromatic heterocycles. The number of rotatable bonds is 4.